The van der Waals surface area contributed by atoms with Crippen molar-refractivity contribution in [2.75, 3.05) is 13.2 Å². The number of aryl methyl sites for hydroxylation is 1. The zero-order valence-corrected chi connectivity index (χ0v) is 15.7. The van der Waals surface area contributed by atoms with Gasteiger partial charge in [0.15, 0.2) is 0 Å². The Morgan fingerprint density at radius 1 is 1.04 bits per heavy atom. The molecule has 0 aliphatic heterocycles. The number of hydrogen-bond donors (Lipinski definition) is 1. The Balaban J connectivity index is 2.38. The second-order valence-corrected chi connectivity index (χ2v) is 7.56. The molecule has 0 bridgehead atoms. The highest BCUT2D eigenvalue weighted by Gasteiger charge is 2.20. The second-order valence-electron chi connectivity index (χ2n) is 7.56. The van der Waals surface area contributed by atoms with Gasteiger partial charge >= 0.3 is 0 Å². The van der Waals surface area contributed by atoms with E-state index in [9.17, 15) is 0 Å². The molecule has 0 fully saturated rings. The van der Waals surface area contributed by atoms with Crippen LogP contribution in [0.25, 0.3) is 0 Å². The van der Waals surface area contributed by atoms with Crippen LogP contribution in [0.1, 0.15) is 55.9 Å². The van der Waals surface area contributed by atoms with E-state index in [4.69, 9.17) is 10.5 Å². The molecule has 0 heterocycles. The van der Waals surface area contributed by atoms with Crippen molar-refractivity contribution in [2.45, 2.75) is 52.4 Å². The minimum atomic E-state index is 0.114. The lowest BCUT2D eigenvalue weighted by Gasteiger charge is -2.25. The Morgan fingerprint density at radius 3 is 2.25 bits per heavy atom. The predicted octanol–water partition coefficient (Wildman–Crippen LogP) is 4.98. The van der Waals surface area contributed by atoms with Gasteiger partial charge in [-0.15, -0.1) is 0 Å². The lowest BCUT2D eigenvalue weighted by Crippen LogP contribution is -2.18. The van der Waals surface area contributed by atoms with Crippen molar-refractivity contribution in [3.05, 3.63) is 64.7 Å². The van der Waals surface area contributed by atoms with E-state index in [0.29, 0.717) is 13.2 Å². The molecule has 0 aliphatic rings. The third-order valence-electron chi connectivity index (χ3n) is 4.50. The van der Waals surface area contributed by atoms with Crippen LogP contribution in [0.4, 0.5) is 0 Å². The van der Waals surface area contributed by atoms with Crippen LogP contribution in [-0.4, -0.2) is 13.2 Å². The van der Waals surface area contributed by atoms with Gasteiger partial charge in [-0.3, -0.25) is 0 Å². The van der Waals surface area contributed by atoms with Gasteiger partial charge in [-0.05, 0) is 55.0 Å². The molecule has 2 rings (SSSR count). The van der Waals surface area contributed by atoms with Gasteiger partial charge in [0.05, 0.1) is 6.61 Å². The highest BCUT2D eigenvalue weighted by Crippen LogP contribution is 2.34. The van der Waals surface area contributed by atoms with Gasteiger partial charge in [-0.1, -0.05) is 62.7 Å². The van der Waals surface area contributed by atoms with E-state index in [0.717, 1.165) is 12.2 Å². The Bertz CT molecular complexity index is 653. The van der Waals surface area contributed by atoms with Crippen molar-refractivity contribution < 1.29 is 4.74 Å². The molecule has 0 spiro atoms. The van der Waals surface area contributed by atoms with E-state index in [1.54, 1.807) is 0 Å². The lowest BCUT2D eigenvalue weighted by molar-refractivity contribution is 0.333. The maximum atomic E-state index is 6.15. The average molecular weight is 325 g/mol. The SMILES string of the molecule is CCOc1ccc(C(C)(C)C)cc1C(CN)Cc1ccc(C)cc1. The van der Waals surface area contributed by atoms with Crippen LogP contribution in [-0.2, 0) is 11.8 Å². The van der Waals surface area contributed by atoms with Crippen LogP contribution in [0.3, 0.4) is 0 Å². The van der Waals surface area contributed by atoms with Gasteiger partial charge < -0.3 is 10.5 Å². The normalized spacial score (nSPS) is 12.9. The van der Waals surface area contributed by atoms with E-state index in [-0.39, 0.29) is 11.3 Å². The molecular weight excluding hydrogens is 294 g/mol. The Labute approximate surface area is 147 Å². The van der Waals surface area contributed by atoms with E-state index in [1.165, 1.54) is 22.3 Å². The predicted molar refractivity (Wildman–Crippen MR) is 103 cm³/mol. The fraction of sp³-hybridized carbons (Fsp3) is 0.455. The van der Waals surface area contributed by atoms with Crippen LogP contribution in [0.15, 0.2) is 42.5 Å². The van der Waals surface area contributed by atoms with Crippen LogP contribution in [0, 0.1) is 6.92 Å². The fourth-order valence-corrected chi connectivity index (χ4v) is 2.95. The molecule has 2 nitrogen and oxygen atoms in total. The van der Waals surface area contributed by atoms with Crippen LogP contribution < -0.4 is 10.5 Å². The third kappa shape index (κ3) is 4.61. The molecule has 0 aliphatic carbocycles. The van der Waals surface area contributed by atoms with Crippen molar-refractivity contribution in [3.8, 4) is 5.75 Å². The fourth-order valence-electron chi connectivity index (χ4n) is 2.95. The molecule has 1 unspecified atom stereocenters. The van der Waals surface area contributed by atoms with Crippen molar-refractivity contribution >= 4 is 0 Å². The van der Waals surface area contributed by atoms with Crippen molar-refractivity contribution in [1.82, 2.24) is 0 Å². The molecule has 0 amide bonds. The Morgan fingerprint density at radius 2 is 1.71 bits per heavy atom. The maximum Gasteiger partial charge on any atom is 0.122 e. The standard InChI is InChI=1S/C22H31NO/c1-6-24-21-12-11-19(22(3,4)5)14-20(21)18(15-23)13-17-9-7-16(2)8-10-17/h7-12,14,18H,6,13,15,23H2,1-5H3. The molecule has 2 N–H and O–H groups in total. The van der Waals surface area contributed by atoms with Gasteiger partial charge in [0.2, 0.25) is 0 Å². The van der Waals surface area contributed by atoms with Crippen LogP contribution in [0.2, 0.25) is 0 Å². The summed E-state index contributed by atoms with van der Waals surface area (Å²) in [5.41, 5.74) is 11.4. The van der Waals surface area contributed by atoms with E-state index < -0.39 is 0 Å². The molecule has 1 atom stereocenters. The quantitative estimate of drug-likeness (QED) is 0.813. The number of ether oxygens (including phenoxy) is 1. The van der Waals surface area contributed by atoms with Crippen molar-refractivity contribution in [1.29, 1.82) is 0 Å². The zero-order chi connectivity index (χ0) is 17.7. The first-order valence-electron chi connectivity index (χ1n) is 8.88. The average Bonchev–Trinajstić information content (AvgIpc) is 2.54. The summed E-state index contributed by atoms with van der Waals surface area (Å²) in [7, 11) is 0. The molecule has 0 saturated heterocycles. The molecule has 2 heteroatoms. The van der Waals surface area contributed by atoms with Crippen LogP contribution in [0.5, 0.6) is 5.75 Å². The minimum absolute atomic E-state index is 0.114. The van der Waals surface area contributed by atoms with Crippen molar-refractivity contribution in [2.24, 2.45) is 5.73 Å². The molecule has 130 valence electrons. The highest BCUT2D eigenvalue weighted by molar-refractivity contribution is 5.43. The van der Waals surface area contributed by atoms with Gasteiger partial charge in [-0.25, -0.2) is 0 Å². The minimum Gasteiger partial charge on any atom is -0.494 e. The number of hydrogen-bond acceptors (Lipinski definition) is 2. The summed E-state index contributed by atoms with van der Waals surface area (Å²) in [6.07, 6.45) is 0.935. The largest absolute Gasteiger partial charge is 0.494 e. The molecule has 0 saturated carbocycles. The van der Waals surface area contributed by atoms with E-state index >= 15 is 0 Å². The number of benzene rings is 2. The molecule has 0 radical (unpaired) electrons. The van der Waals surface area contributed by atoms with Crippen molar-refractivity contribution in [3.63, 3.8) is 0 Å². The molecular formula is C22H31NO. The topological polar surface area (TPSA) is 35.2 Å². The van der Waals surface area contributed by atoms with Gasteiger partial charge in [0.1, 0.15) is 5.75 Å². The molecule has 24 heavy (non-hydrogen) atoms. The molecule has 2 aromatic carbocycles. The second kappa shape index (κ2) is 7.85. The third-order valence-corrected chi connectivity index (χ3v) is 4.50. The number of nitrogens with two attached hydrogens (primary N) is 1. The summed E-state index contributed by atoms with van der Waals surface area (Å²) in [6, 6.07) is 15.3. The first-order chi connectivity index (χ1) is 11.3. The monoisotopic (exact) mass is 325 g/mol. The summed E-state index contributed by atoms with van der Waals surface area (Å²) in [5.74, 6) is 1.23. The molecule has 0 aromatic heterocycles. The number of rotatable bonds is 6. The summed E-state index contributed by atoms with van der Waals surface area (Å²) >= 11 is 0. The zero-order valence-electron chi connectivity index (χ0n) is 15.7. The van der Waals surface area contributed by atoms with Gasteiger partial charge in [0, 0.05) is 5.92 Å². The summed E-state index contributed by atoms with van der Waals surface area (Å²) in [5, 5.41) is 0. The summed E-state index contributed by atoms with van der Waals surface area (Å²) in [4.78, 5) is 0. The smallest absolute Gasteiger partial charge is 0.122 e. The van der Waals surface area contributed by atoms with Gasteiger partial charge in [0.25, 0.3) is 0 Å². The van der Waals surface area contributed by atoms with E-state index in [1.807, 2.05) is 6.92 Å². The maximum absolute atomic E-state index is 6.15. The first-order valence-corrected chi connectivity index (χ1v) is 8.88. The van der Waals surface area contributed by atoms with Crippen LogP contribution >= 0.6 is 0 Å². The first kappa shape index (κ1) is 18.5. The summed E-state index contributed by atoms with van der Waals surface area (Å²) < 4.78 is 5.89. The van der Waals surface area contributed by atoms with Gasteiger partial charge in [-0.2, -0.15) is 0 Å². The summed E-state index contributed by atoms with van der Waals surface area (Å²) in [6.45, 7) is 12.1. The lowest BCUT2D eigenvalue weighted by atomic mass is 9.83. The van der Waals surface area contributed by atoms with E-state index in [2.05, 4.69) is 70.2 Å². The Hall–Kier alpha value is -1.80. The highest BCUT2D eigenvalue weighted by atomic mass is 16.5. The molecule has 2 aromatic rings. The Kier molecular flexibility index (Phi) is 6.06.